The molecule has 0 aromatic rings. The lowest BCUT2D eigenvalue weighted by atomic mass is 10.3. The van der Waals surface area contributed by atoms with Crippen LogP contribution in [0, 0.1) is 0 Å². The van der Waals surface area contributed by atoms with Crippen molar-refractivity contribution < 1.29 is 4.48 Å². The van der Waals surface area contributed by atoms with Gasteiger partial charge in [0.05, 0.1) is 43.8 Å². The maximum Gasteiger partial charge on any atom is 0.0924 e. The van der Waals surface area contributed by atoms with Gasteiger partial charge in [-0.1, -0.05) is 0 Å². The van der Waals surface area contributed by atoms with Gasteiger partial charge in [-0.2, -0.15) is 0 Å². The van der Waals surface area contributed by atoms with Gasteiger partial charge in [0, 0.05) is 6.42 Å². The average molecular weight is 236 g/mol. The minimum Gasteiger partial charge on any atom is -0.323 e. The molecule has 0 aliphatic rings. The third-order valence-corrected chi connectivity index (χ3v) is 3.17. The topological polar surface area (TPSA) is 12.4 Å². The van der Waals surface area contributed by atoms with Crippen molar-refractivity contribution >= 4 is 29.0 Å². The Morgan fingerprint density at radius 1 is 1.29 bits per heavy atom. The second-order valence-corrected chi connectivity index (χ2v) is 4.00. The first-order valence-corrected chi connectivity index (χ1v) is 6.13. The first-order valence-electron chi connectivity index (χ1n) is 5.19. The van der Waals surface area contributed by atoms with Gasteiger partial charge in [-0.3, -0.25) is 0 Å². The highest BCUT2D eigenvalue weighted by molar-refractivity contribution is 7.78. The van der Waals surface area contributed by atoms with E-state index in [4.69, 9.17) is 11.6 Å². The zero-order valence-corrected chi connectivity index (χ0v) is 10.7. The van der Waals surface area contributed by atoms with Crippen LogP contribution in [0.1, 0.15) is 20.3 Å². The molecule has 0 unspecified atom stereocenters. The van der Waals surface area contributed by atoms with Crippen molar-refractivity contribution in [2.75, 3.05) is 38.6 Å². The third kappa shape index (κ3) is 5.06. The Kier molecular flexibility index (Phi) is 8.40. The standard InChI is InChI=1S/C10H20ClN2S/c1-3-13(4-2,9-6-11)8-5-7-12-10-14/h3-9H2,1-2H3/q+1. The van der Waals surface area contributed by atoms with E-state index in [1.165, 1.54) is 0 Å². The lowest BCUT2D eigenvalue weighted by Crippen LogP contribution is -2.49. The molecule has 4 heteroatoms. The molecule has 0 amide bonds. The highest BCUT2D eigenvalue weighted by Crippen LogP contribution is 2.08. The molecule has 0 atom stereocenters. The number of thiocarbonyl (C=S) groups is 1. The molecule has 0 aromatic carbocycles. The smallest absolute Gasteiger partial charge is 0.0924 e. The Bertz CT molecular complexity index is 187. The Hall–Kier alpha value is 0.0500. The fraction of sp³-hybridized carbons (Fsp3) is 0.900. The summed E-state index contributed by atoms with van der Waals surface area (Å²) in [6.07, 6.45) is 1.07. The molecular weight excluding hydrogens is 216 g/mol. The van der Waals surface area contributed by atoms with Crippen LogP contribution in [-0.4, -0.2) is 48.2 Å². The van der Waals surface area contributed by atoms with Crippen molar-refractivity contribution in [2.45, 2.75) is 20.3 Å². The summed E-state index contributed by atoms with van der Waals surface area (Å²) in [4.78, 5) is 3.93. The maximum atomic E-state index is 5.82. The Labute approximate surface area is 97.6 Å². The molecule has 0 aliphatic heterocycles. The second kappa shape index (κ2) is 8.37. The highest BCUT2D eigenvalue weighted by atomic mass is 35.5. The minimum atomic E-state index is 0.734. The molecule has 2 nitrogen and oxygen atoms in total. The summed E-state index contributed by atoms with van der Waals surface area (Å²) in [6, 6.07) is 0. The van der Waals surface area contributed by atoms with Crippen molar-refractivity contribution in [1.82, 2.24) is 0 Å². The van der Waals surface area contributed by atoms with Gasteiger partial charge in [0.2, 0.25) is 0 Å². The largest absolute Gasteiger partial charge is 0.323 e. The summed E-state index contributed by atoms with van der Waals surface area (Å²) in [5, 5.41) is 2.40. The van der Waals surface area contributed by atoms with Crippen LogP contribution in [0.15, 0.2) is 4.99 Å². The van der Waals surface area contributed by atoms with Crippen molar-refractivity contribution in [3.05, 3.63) is 0 Å². The molecule has 0 spiro atoms. The number of quaternary nitrogens is 1. The molecule has 0 aromatic heterocycles. The van der Waals surface area contributed by atoms with Crippen LogP contribution >= 0.6 is 23.8 Å². The molecule has 0 radical (unpaired) electrons. The summed E-state index contributed by atoms with van der Waals surface area (Å²) < 4.78 is 1.09. The van der Waals surface area contributed by atoms with Gasteiger partial charge >= 0.3 is 0 Å². The molecule has 0 saturated carbocycles. The molecule has 0 fully saturated rings. The molecule has 0 rings (SSSR count). The quantitative estimate of drug-likeness (QED) is 0.207. The second-order valence-electron chi connectivity index (χ2n) is 3.44. The zero-order valence-electron chi connectivity index (χ0n) is 9.13. The average Bonchev–Trinajstić information content (AvgIpc) is 2.23. The van der Waals surface area contributed by atoms with Crippen molar-refractivity contribution in [2.24, 2.45) is 4.99 Å². The number of hydrogen-bond acceptors (Lipinski definition) is 2. The van der Waals surface area contributed by atoms with E-state index in [9.17, 15) is 0 Å². The summed E-state index contributed by atoms with van der Waals surface area (Å²) in [5.74, 6) is 0.734. The number of nitrogens with zero attached hydrogens (tertiary/aromatic N) is 2. The predicted molar refractivity (Wildman–Crippen MR) is 66.3 cm³/mol. The van der Waals surface area contributed by atoms with Crippen LogP contribution in [0.4, 0.5) is 0 Å². The summed E-state index contributed by atoms with van der Waals surface area (Å²) in [7, 11) is 0. The van der Waals surface area contributed by atoms with Crippen molar-refractivity contribution in [3.63, 3.8) is 0 Å². The van der Waals surface area contributed by atoms with Crippen LogP contribution in [0.25, 0.3) is 0 Å². The number of rotatable bonds is 8. The lowest BCUT2D eigenvalue weighted by molar-refractivity contribution is -0.922. The summed E-state index contributed by atoms with van der Waals surface area (Å²) >= 11 is 10.3. The molecule has 0 heterocycles. The van der Waals surface area contributed by atoms with E-state index >= 15 is 0 Å². The van der Waals surface area contributed by atoms with E-state index in [1.807, 2.05) is 0 Å². The van der Waals surface area contributed by atoms with Gasteiger partial charge in [0.1, 0.15) is 0 Å². The van der Waals surface area contributed by atoms with E-state index in [-0.39, 0.29) is 0 Å². The van der Waals surface area contributed by atoms with Gasteiger partial charge in [0.25, 0.3) is 0 Å². The van der Waals surface area contributed by atoms with Crippen molar-refractivity contribution in [1.29, 1.82) is 0 Å². The molecule has 0 bridgehead atoms. The Morgan fingerprint density at radius 3 is 2.36 bits per heavy atom. The fourth-order valence-corrected chi connectivity index (χ4v) is 2.13. The first-order chi connectivity index (χ1) is 6.74. The summed E-state index contributed by atoms with van der Waals surface area (Å²) in [5.41, 5.74) is 0. The van der Waals surface area contributed by atoms with E-state index in [0.717, 1.165) is 49.5 Å². The molecule has 0 saturated heterocycles. The van der Waals surface area contributed by atoms with Crippen LogP contribution in [0.3, 0.4) is 0 Å². The predicted octanol–water partition coefficient (Wildman–Crippen LogP) is 2.57. The molecule has 82 valence electrons. The number of alkyl halides is 1. The minimum absolute atomic E-state index is 0.734. The third-order valence-electron chi connectivity index (χ3n) is 2.87. The van der Waals surface area contributed by atoms with E-state index in [1.54, 1.807) is 0 Å². The van der Waals surface area contributed by atoms with Gasteiger partial charge in [-0.25, -0.2) is 4.99 Å². The van der Waals surface area contributed by atoms with Crippen LogP contribution in [-0.2, 0) is 0 Å². The molecular formula is C10H20ClN2S+. The Morgan fingerprint density at radius 2 is 1.93 bits per heavy atom. The first kappa shape index (κ1) is 14.1. The number of hydrogen-bond donors (Lipinski definition) is 0. The van der Waals surface area contributed by atoms with E-state index < -0.39 is 0 Å². The van der Waals surface area contributed by atoms with Crippen LogP contribution in [0.5, 0.6) is 0 Å². The lowest BCUT2D eigenvalue weighted by Gasteiger charge is -2.36. The normalized spacial score (nSPS) is 11.1. The number of aliphatic imine (C=N–C) groups is 1. The van der Waals surface area contributed by atoms with Gasteiger partial charge in [-0.05, 0) is 26.1 Å². The number of halogens is 1. The van der Waals surface area contributed by atoms with E-state index in [0.29, 0.717) is 0 Å². The SMILES string of the molecule is CC[N+](CC)(CCCl)CCCN=C=S. The number of isothiocyanates is 1. The Balaban J connectivity index is 3.99. The molecule has 0 aliphatic carbocycles. The summed E-state index contributed by atoms with van der Waals surface area (Å²) in [6.45, 7) is 9.72. The monoisotopic (exact) mass is 235 g/mol. The van der Waals surface area contributed by atoms with Gasteiger partial charge < -0.3 is 4.48 Å². The van der Waals surface area contributed by atoms with Crippen LogP contribution < -0.4 is 0 Å². The van der Waals surface area contributed by atoms with Crippen LogP contribution in [0.2, 0.25) is 0 Å². The fourth-order valence-electron chi connectivity index (χ4n) is 1.68. The maximum absolute atomic E-state index is 5.82. The molecule has 0 N–H and O–H groups in total. The highest BCUT2D eigenvalue weighted by Gasteiger charge is 2.21. The van der Waals surface area contributed by atoms with Gasteiger partial charge in [0.15, 0.2) is 0 Å². The van der Waals surface area contributed by atoms with Crippen molar-refractivity contribution in [3.8, 4) is 0 Å². The zero-order chi connectivity index (χ0) is 10.9. The van der Waals surface area contributed by atoms with Gasteiger partial charge in [-0.15, -0.1) is 11.6 Å². The molecule has 14 heavy (non-hydrogen) atoms. The van der Waals surface area contributed by atoms with E-state index in [2.05, 4.69) is 36.2 Å².